The Hall–Kier alpha value is -1.76. The van der Waals surface area contributed by atoms with Crippen molar-refractivity contribution in [1.82, 2.24) is 8.96 Å². The molecule has 0 saturated heterocycles. The fourth-order valence-corrected chi connectivity index (χ4v) is 2.72. The van der Waals surface area contributed by atoms with Gasteiger partial charge < -0.3 is 11.5 Å². The third kappa shape index (κ3) is 1.72. The number of fused-ring (bicyclic) bond motifs is 1. The van der Waals surface area contributed by atoms with Crippen molar-refractivity contribution in [1.29, 1.82) is 0 Å². The molecular formula is C10H14N4O2S. The monoisotopic (exact) mass is 254 g/mol. The van der Waals surface area contributed by atoms with E-state index in [2.05, 4.69) is 4.98 Å². The fraction of sp³-hybridized carbons (Fsp3) is 0.300. The zero-order chi connectivity index (χ0) is 12.8. The maximum absolute atomic E-state index is 12.1. The molecule has 0 aliphatic carbocycles. The first-order chi connectivity index (χ1) is 7.84. The molecule has 0 aliphatic rings. The van der Waals surface area contributed by atoms with Crippen molar-refractivity contribution in [3.8, 4) is 0 Å². The molecule has 0 fully saturated rings. The van der Waals surface area contributed by atoms with Gasteiger partial charge in [-0.3, -0.25) is 0 Å². The number of rotatable bonds is 2. The van der Waals surface area contributed by atoms with Gasteiger partial charge in [0.2, 0.25) is 16.0 Å². The molecule has 4 N–H and O–H groups in total. The van der Waals surface area contributed by atoms with Crippen molar-refractivity contribution >= 4 is 32.7 Å². The minimum atomic E-state index is -3.52. The van der Waals surface area contributed by atoms with E-state index in [0.29, 0.717) is 16.7 Å². The Morgan fingerprint density at radius 3 is 2.53 bits per heavy atom. The van der Waals surface area contributed by atoms with E-state index in [4.69, 9.17) is 11.5 Å². The molecule has 0 unspecified atom stereocenters. The Morgan fingerprint density at radius 2 is 1.94 bits per heavy atom. The molecule has 7 heteroatoms. The van der Waals surface area contributed by atoms with Crippen LogP contribution in [-0.2, 0) is 10.0 Å². The van der Waals surface area contributed by atoms with Crippen LogP contribution in [0.15, 0.2) is 18.2 Å². The van der Waals surface area contributed by atoms with Crippen LogP contribution in [0.2, 0.25) is 0 Å². The minimum Gasteiger partial charge on any atom is -0.399 e. The first-order valence-corrected chi connectivity index (χ1v) is 6.62. The molecule has 1 aromatic heterocycles. The molecule has 0 amide bonds. The predicted molar refractivity (Wildman–Crippen MR) is 68.0 cm³/mol. The second-order valence-electron chi connectivity index (χ2n) is 4.08. The second-order valence-corrected chi connectivity index (χ2v) is 6.41. The smallest absolute Gasteiger partial charge is 0.244 e. The summed E-state index contributed by atoms with van der Waals surface area (Å²) in [5.41, 5.74) is 12.7. The Balaban J connectivity index is 2.83. The quantitative estimate of drug-likeness (QED) is 0.771. The van der Waals surface area contributed by atoms with E-state index < -0.39 is 15.3 Å². The Kier molecular flexibility index (Phi) is 2.50. The summed E-state index contributed by atoms with van der Waals surface area (Å²) in [5, 5.41) is -0.570. The normalized spacial score (nSPS) is 12.4. The van der Waals surface area contributed by atoms with Crippen LogP contribution in [0.5, 0.6) is 0 Å². The summed E-state index contributed by atoms with van der Waals surface area (Å²) in [5.74, 6) is -0.0423. The standard InChI is InChI=1S/C10H14N4O2S/c1-6(2)17(15,16)14-9-4-3-7(11)5-8(9)13-10(14)12/h3-6H,11H2,1-2H3,(H2,12,13). The van der Waals surface area contributed by atoms with Gasteiger partial charge in [-0.25, -0.2) is 17.4 Å². The number of anilines is 2. The maximum atomic E-state index is 12.1. The van der Waals surface area contributed by atoms with Crippen molar-refractivity contribution in [3.05, 3.63) is 18.2 Å². The molecule has 0 bridgehead atoms. The number of nitrogens with two attached hydrogens (primary N) is 2. The molecule has 0 atom stereocenters. The molecule has 0 spiro atoms. The van der Waals surface area contributed by atoms with E-state index >= 15 is 0 Å². The lowest BCUT2D eigenvalue weighted by Crippen LogP contribution is -2.23. The molecular weight excluding hydrogens is 240 g/mol. The highest BCUT2D eigenvalue weighted by Crippen LogP contribution is 2.23. The fourth-order valence-electron chi connectivity index (χ4n) is 1.57. The van der Waals surface area contributed by atoms with Crippen molar-refractivity contribution in [2.75, 3.05) is 11.5 Å². The highest BCUT2D eigenvalue weighted by atomic mass is 32.2. The average Bonchev–Trinajstić information content (AvgIpc) is 2.53. The number of nitrogens with zero attached hydrogens (tertiary/aromatic N) is 2. The molecule has 2 aromatic rings. The first kappa shape index (κ1) is 11.7. The van der Waals surface area contributed by atoms with E-state index in [-0.39, 0.29) is 5.95 Å². The summed E-state index contributed by atoms with van der Waals surface area (Å²) in [4.78, 5) is 4.00. The van der Waals surface area contributed by atoms with E-state index in [1.807, 2.05) is 0 Å². The SMILES string of the molecule is CC(C)S(=O)(=O)n1c(N)nc2cc(N)ccc21. The van der Waals surface area contributed by atoms with Crippen molar-refractivity contribution in [2.24, 2.45) is 0 Å². The molecule has 2 rings (SSSR count). The second kappa shape index (κ2) is 3.63. The summed E-state index contributed by atoms with van der Waals surface area (Å²) in [6, 6.07) is 4.82. The van der Waals surface area contributed by atoms with Gasteiger partial charge in [0, 0.05) is 5.69 Å². The van der Waals surface area contributed by atoms with Crippen LogP contribution in [-0.4, -0.2) is 22.6 Å². The lowest BCUT2D eigenvalue weighted by Gasteiger charge is -2.10. The van der Waals surface area contributed by atoms with Crippen molar-refractivity contribution in [2.45, 2.75) is 19.1 Å². The third-order valence-corrected chi connectivity index (χ3v) is 4.60. The van der Waals surface area contributed by atoms with Crippen LogP contribution >= 0.6 is 0 Å². The van der Waals surface area contributed by atoms with Crippen LogP contribution in [0, 0.1) is 0 Å². The number of imidazole rings is 1. The topological polar surface area (TPSA) is 104 Å². The van der Waals surface area contributed by atoms with E-state index in [9.17, 15) is 8.42 Å². The van der Waals surface area contributed by atoms with Crippen molar-refractivity contribution in [3.63, 3.8) is 0 Å². The minimum absolute atomic E-state index is 0.0423. The zero-order valence-corrected chi connectivity index (χ0v) is 10.4. The van der Waals surface area contributed by atoms with Gasteiger partial charge in [0.25, 0.3) is 0 Å². The van der Waals surface area contributed by atoms with Crippen LogP contribution in [0.4, 0.5) is 11.6 Å². The average molecular weight is 254 g/mol. The predicted octanol–water partition coefficient (Wildman–Crippen LogP) is 0.787. The van der Waals surface area contributed by atoms with Gasteiger partial charge in [0.15, 0.2) is 0 Å². The molecule has 6 nitrogen and oxygen atoms in total. The van der Waals surface area contributed by atoms with Crippen LogP contribution < -0.4 is 11.5 Å². The lowest BCUT2D eigenvalue weighted by molar-refractivity contribution is 0.580. The molecule has 0 saturated carbocycles. The van der Waals surface area contributed by atoms with Crippen LogP contribution in [0.3, 0.4) is 0 Å². The van der Waals surface area contributed by atoms with Gasteiger partial charge in [-0.15, -0.1) is 0 Å². The summed E-state index contributed by atoms with van der Waals surface area (Å²) < 4.78 is 25.3. The van der Waals surface area contributed by atoms with Crippen LogP contribution in [0.25, 0.3) is 11.0 Å². The van der Waals surface area contributed by atoms with E-state index in [1.54, 1.807) is 32.0 Å². The van der Waals surface area contributed by atoms with Gasteiger partial charge in [-0.1, -0.05) is 0 Å². The van der Waals surface area contributed by atoms with Gasteiger partial charge in [0.05, 0.1) is 16.3 Å². The highest BCUT2D eigenvalue weighted by Gasteiger charge is 2.24. The number of hydrogen-bond acceptors (Lipinski definition) is 5. The van der Waals surface area contributed by atoms with Gasteiger partial charge in [-0.2, -0.15) is 0 Å². The number of nitrogen functional groups attached to an aromatic ring is 2. The Morgan fingerprint density at radius 1 is 1.29 bits per heavy atom. The molecule has 1 aromatic carbocycles. The Bertz CT molecular complexity index is 673. The summed E-state index contributed by atoms with van der Waals surface area (Å²) >= 11 is 0. The Labute approximate surface area is 99.3 Å². The van der Waals surface area contributed by atoms with Crippen molar-refractivity contribution < 1.29 is 8.42 Å². The van der Waals surface area contributed by atoms with E-state index in [1.165, 1.54) is 0 Å². The van der Waals surface area contributed by atoms with Crippen LogP contribution in [0.1, 0.15) is 13.8 Å². The first-order valence-electron chi connectivity index (χ1n) is 5.12. The van der Waals surface area contributed by atoms with Gasteiger partial charge in [0.1, 0.15) is 0 Å². The summed E-state index contributed by atoms with van der Waals surface area (Å²) in [6.07, 6.45) is 0. The third-order valence-electron chi connectivity index (χ3n) is 2.51. The molecule has 1 heterocycles. The number of aromatic nitrogens is 2. The maximum Gasteiger partial charge on any atom is 0.244 e. The number of hydrogen-bond donors (Lipinski definition) is 2. The highest BCUT2D eigenvalue weighted by molar-refractivity contribution is 7.90. The van der Waals surface area contributed by atoms with Gasteiger partial charge >= 0.3 is 0 Å². The zero-order valence-electron chi connectivity index (χ0n) is 9.58. The summed E-state index contributed by atoms with van der Waals surface area (Å²) in [6.45, 7) is 3.19. The molecule has 92 valence electrons. The van der Waals surface area contributed by atoms with E-state index in [0.717, 1.165) is 3.97 Å². The molecule has 0 aliphatic heterocycles. The lowest BCUT2D eigenvalue weighted by atomic mass is 10.3. The van der Waals surface area contributed by atoms with Gasteiger partial charge in [-0.05, 0) is 32.0 Å². The summed E-state index contributed by atoms with van der Waals surface area (Å²) in [7, 11) is -3.52. The molecule has 17 heavy (non-hydrogen) atoms. The largest absolute Gasteiger partial charge is 0.399 e. The molecule has 0 radical (unpaired) electrons. The number of benzene rings is 1.